The Labute approximate surface area is 96.3 Å². The van der Waals surface area contributed by atoms with Gasteiger partial charge in [-0.2, -0.15) is 0 Å². The van der Waals surface area contributed by atoms with Gasteiger partial charge in [-0.1, -0.05) is 39.0 Å². The summed E-state index contributed by atoms with van der Waals surface area (Å²) >= 11 is 0. The number of para-hydroxylation sites is 1. The zero-order valence-corrected chi connectivity index (χ0v) is 10.8. The average molecular weight is 240 g/mol. The highest BCUT2D eigenvalue weighted by Crippen LogP contribution is 2.56. The maximum atomic E-state index is 12.4. The van der Waals surface area contributed by atoms with Crippen LogP contribution in [0.2, 0.25) is 0 Å². The lowest BCUT2D eigenvalue weighted by molar-refractivity contribution is 0.223. The summed E-state index contributed by atoms with van der Waals surface area (Å²) in [6.07, 6.45) is 0.439. The summed E-state index contributed by atoms with van der Waals surface area (Å²) in [5.41, 5.74) is 0.893. The van der Waals surface area contributed by atoms with Gasteiger partial charge in [0.1, 0.15) is 5.75 Å². The molecular weight excluding hydrogens is 223 g/mol. The van der Waals surface area contributed by atoms with Crippen LogP contribution >= 0.6 is 7.60 Å². The Morgan fingerprint density at radius 2 is 2.00 bits per heavy atom. The third-order valence-electron chi connectivity index (χ3n) is 2.29. The monoisotopic (exact) mass is 240 g/mol. The molecule has 1 aromatic carbocycles. The van der Waals surface area contributed by atoms with E-state index in [4.69, 9.17) is 9.05 Å². The van der Waals surface area contributed by atoms with E-state index in [0.29, 0.717) is 18.5 Å². The molecule has 1 unspecified atom stereocenters. The van der Waals surface area contributed by atoms with E-state index in [-0.39, 0.29) is 5.41 Å². The molecule has 1 atom stereocenters. The molecule has 0 spiro atoms. The van der Waals surface area contributed by atoms with E-state index in [1.54, 1.807) is 0 Å². The second-order valence-electron chi connectivity index (χ2n) is 5.30. The van der Waals surface area contributed by atoms with E-state index in [9.17, 15) is 4.57 Å². The largest absolute Gasteiger partial charge is 0.424 e. The molecule has 1 aromatic rings. The van der Waals surface area contributed by atoms with E-state index in [1.165, 1.54) is 0 Å². The predicted octanol–water partition coefficient (Wildman–Crippen LogP) is 3.83. The Morgan fingerprint density at radius 1 is 1.31 bits per heavy atom. The van der Waals surface area contributed by atoms with Crippen molar-refractivity contribution >= 4 is 7.60 Å². The molecule has 3 nitrogen and oxygen atoms in total. The molecule has 0 amide bonds. The Bertz CT molecular complexity index is 434. The first-order valence-corrected chi connectivity index (χ1v) is 7.12. The first-order chi connectivity index (χ1) is 7.38. The SMILES string of the molecule is CC(C)(C)CP1(=O)OCc2ccccc2O1. The highest BCUT2D eigenvalue weighted by molar-refractivity contribution is 7.54. The van der Waals surface area contributed by atoms with Crippen molar-refractivity contribution in [2.75, 3.05) is 6.16 Å². The number of rotatable bonds is 1. The average Bonchev–Trinajstić information content (AvgIpc) is 2.14. The van der Waals surface area contributed by atoms with Crippen LogP contribution in [0.3, 0.4) is 0 Å². The molecule has 4 heteroatoms. The fraction of sp³-hybridized carbons (Fsp3) is 0.500. The molecular formula is C12H17O3P. The lowest BCUT2D eigenvalue weighted by Gasteiger charge is -2.30. The van der Waals surface area contributed by atoms with Crippen molar-refractivity contribution in [3.63, 3.8) is 0 Å². The molecule has 1 aliphatic heterocycles. The van der Waals surface area contributed by atoms with E-state index in [2.05, 4.69) is 0 Å². The maximum absolute atomic E-state index is 12.4. The quantitative estimate of drug-likeness (QED) is 0.700. The summed E-state index contributed by atoms with van der Waals surface area (Å²) in [5.74, 6) is 0.696. The van der Waals surface area contributed by atoms with Crippen molar-refractivity contribution in [2.45, 2.75) is 27.4 Å². The summed E-state index contributed by atoms with van der Waals surface area (Å²) in [6, 6.07) is 7.57. The van der Waals surface area contributed by atoms with Crippen LogP contribution in [-0.2, 0) is 15.7 Å². The lowest BCUT2D eigenvalue weighted by Crippen LogP contribution is -2.18. The molecule has 88 valence electrons. The van der Waals surface area contributed by atoms with Crippen molar-refractivity contribution in [2.24, 2.45) is 5.41 Å². The second-order valence-corrected chi connectivity index (χ2v) is 7.28. The highest BCUT2D eigenvalue weighted by Gasteiger charge is 2.36. The van der Waals surface area contributed by atoms with Gasteiger partial charge in [0.2, 0.25) is 0 Å². The van der Waals surface area contributed by atoms with E-state index in [1.807, 2.05) is 45.0 Å². The van der Waals surface area contributed by atoms with E-state index >= 15 is 0 Å². The first-order valence-electron chi connectivity index (χ1n) is 5.39. The minimum atomic E-state index is -2.97. The Hall–Kier alpha value is -0.790. The first kappa shape index (κ1) is 11.7. The van der Waals surface area contributed by atoms with Gasteiger partial charge in [0, 0.05) is 5.56 Å². The van der Waals surface area contributed by atoms with Crippen molar-refractivity contribution < 1.29 is 13.6 Å². The van der Waals surface area contributed by atoms with Crippen molar-refractivity contribution in [3.05, 3.63) is 29.8 Å². The molecule has 0 bridgehead atoms. The van der Waals surface area contributed by atoms with Crippen LogP contribution in [0.25, 0.3) is 0 Å². The summed E-state index contributed by atoms with van der Waals surface area (Å²) in [6.45, 7) is 6.46. The van der Waals surface area contributed by atoms with Gasteiger partial charge in [0.05, 0.1) is 12.8 Å². The smallest absolute Gasteiger partial charge is 0.380 e. The Kier molecular flexibility index (Phi) is 2.85. The molecule has 1 heterocycles. The molecule has 0 radical (unpaired) electrons. The molecule has 0 aliphatic carbocycles. The second kappa shape index (κ2) is 3.90. The van der Waals surface area contributed by atoms with E-state index < -0.39 is 7.60 Å². The molecule has 0 aromatic heterocycles. The van der Waals surface area contributed by atoms with Crippen LogP contribution in [0.5, 0.6) is 5.75 Å². The summed E-state index contributed by atoms with van der Waals surface area (Å²) in [5, 5.41) is 0. The van der Waals surface area contributed by atoms with Gasteiger partial charge in [-0.15, -0.1) is 0 Å². The van der Waals surface area contributed by atoms with Gasteiger partial charge in [-0.3, -0.25) is 4.52 Å². The molecule has 0 saturated carbocycles. The molecule has 0 fully saturated rings. The minimum absolute atomic E-state index is 0.0676. The number of fused-ring (bicyclic) bond motifs is 1. The van der Waals surface area contributed by atoms with Gasteiger partial charge in [-0.05, 0) is 11.5 Å². The van der Waals surface area contributed by atoms with Gasteiger partial charge in [0.15, 0.2) is 0 Å². The Balaban J connectivity index is 2.22. The normalized spacial score (nSPS) is 24.7. The van der Waals surface area contributed by atoms with Crippen LogP contribution in [0, 0.1) is 5.41 Å². The molecule has 0 N–H and O–H groups in total. The van der Waals surface area contributed by atoms with Gasteiger partial charge < -0.3 is 4.52 Å². The van der Waals surface area contributed by atoms with Crippen molar-refractivity contribution in [1.29, 1.82) is 0 Å². The van der Waals surface area contributed by atoms with E-state index in [0.717, 1.165) is 5.56 Å². The van der Waals surface area contributed by atoms with Gasteiger partial charge in [0.25, 0.3) is 0 Å². The number of hydrogen-bond donors (Lipinski definition) is 0. The summed E-state index contributed by atoms with van der Waals surface area (Å²) in [4.78, 5) is 0. The molecule has 2 rings (SSSR count). The predicted molar refractivity (Wildman–Crippen MR) is 63.8 cm³/mol. The molecule has 1 aliphatic rings. The maximum Gasteiger partial charge on any atom is 0.380 e. The number of benzene rings is 1. The standard InChI is InChI=1S/C12H17O3P/c1-12(2,3)9-16(13)14-8-10-6-4-5-7-11(10)15-16/h4-7H,8-9H2,1-3H3. The van der Waals surface area contributed by atoms with Crippen LogP contribution in [0.15, 0.2) is 24.3 Å². The van der Waals surface area contributed by atoms with Crippen LogP contribution in [0.1, 0.15) is 26.3 Å². The Morgan fingerprint density at radius 3 is 2.69 bits per heavy atom. The zero-order chi connectivity index (χ0) is 11.8. The highest BCUT2D eigenvalue weighted by atomic mass is 31.2. The molecule has 16 heavy (non-hydrogen) atoms. The van der Waals surface area contributed by atoms with Crippen molar-refractivity contribution in [3.8, 4) is 5.75 Å². The summed E-state index contributed by atoms with van der Waals surface area (Å²) in [7, 11) is -2.97. The third kappa shape index (κ3) is 2.66. The van der Waals surface area contributed by atoms with Crippen LogP contribution in [0.4, 0.5) is 0 Å². The van der Waals surface area contributed by atoms with Gasteiger partial charge >= 0.3 is 7.60 Å². The van der Waals surface area contributed by atoms with Crippen molar-refractivity contribution in [1.82, 2.24) is 0 Å². The van der Waals surface area contributed by atoms with Crippen LogP contribution in [-0.4, -0.2) is 6.16 Å². The minimum Gasteiger partial charge on any atom is -0.424 e. The molecule has 0 saturated heterocycles. The topological polar surface area (TPSA) is 35.5 Å². The zero-order valence-electron chi connectivity index (χ0n) is 9.90. The number of hydrogen-bond acceptors (Lipinski definition) is 3. The lowest BCUT2D eigenvalue weighted by atomic mass is 10.0. The third-order valence-corrected chi connectivity index (χ3v) is 4.63. The van der Waals surface area contributed by atoms with Crippen LogP contribution < -0.4 is 4.52 Å². The fourth-order valence-corrected chi connectivity index (χ4v) is 3.90. The summed E-state index contributed by atoms with van der Waals surface area (Å²) < 4.78 is 23.3. The fourth-order valence-electron chi connectivity index (χ4n) is 1.72. The van der Waals surface area contributed by atoms with Gasteiger partial charge in [-0.25, -0.2) is 4.57 Å².